The van der Waals surface area contributed by atoms with E-state index in [4.69, 9.17) is 10.8 Å². The van der Waals surface area contributed by atoms with E-state index >= 15 is 0 Å². The number of anilines is 2. The van der Waals surface area contributed by atoms with E-state index in [1.165, 1.54) is 18.2 Å². The number of rotatable bonds is 3. The fraction of sp³-hybridized carbons (Fsp3) is 0.200. The fourth-order valence-corrected chi connectivity index (χ4v) is 1.05. The molecule has 0 spiro atoms. The molecule has 0 atom stereocenters. The van der Waals surface area contributed by atoms with Crippen LogP contribution in [0.2, 0.25) is 0 Å². The van der Waals surface area contributed by atoms with Gasteiger partial charge in [0.25, 0.3) is 0 Å². The lowest BCUT2D eigenvalue weighted by atomic mass is 10.1. The summed E-state index contributed by atoms with van der Waals surface area (Å²) in [4.78, 5) is 21.7. The van der Waals surface area contributed by atoms with Crippen molar-refractivity contribution in [1.29, 1.82) is 0 Å². The van der Waals surface area contributed by atoms with Gasteiger partial charge in [0.05, 0.1) is 16.9 Å². The molecule has 4 N–H and O–H groups in total. The second-order valence-electron chi connectivity index (χ2n) is 3.01. The predicted molar refractivity (Wildman–Crippen MR) is 56.7 cm³/mol. The fourth-order valence-electron chi connectivity index (χ4n) is 1.05. The maximum absolute atomic E-state index is 11.1. The second kappa shape index (κ2) is 4.45. The molecule has 0 radical (unpaired) electrons. The van der Waals surface area contributed by atoms with Crippen molar-refractivity contribution in [2.24, 2.45) is 0 Å². The lowest BCUT2D eigenvalue weighted by Gasteiger charge is -2.07. The van der Waals surface area contributed by atoms with Gasteiger partial charge in [-0.05, 0) is 18.2 Å². The molecule has 0 aliphatic rings. The van der Waals surface area contributed by atoms with Gasteiger partial charge in [0, 0.05) is 6.42 Å². The molecule has 0 heterocycles. The first-order valence-corrected chi connectivity index (χ1v) is 4.47. The normalized spacial score (nSPS) is 9.67. The minimum Gasteiger partial charge on any atom is -0.478 e. The molecular formula is C10H12N2O3. The molecule has 0 aromatic heterocycles. The number of nitrogens with two attached hydrogens (primary N) is 1. The number of hydrogen-bond donors (Lipinski definition) is 3. The summed E-state index contributed by atoms with van der Waals surface area (Å²) in [6.45, 7) is 1.72. The molecule has 80 valence electrons. The average molecular weight is 208 g/mol. The smallest absolute Gasteiger partial charge is 0.335 e. The van der Waals surface area contributed by atoms with Crippen LogP contribution in [0.25, 0.3) is 0 Å². The molecule has 15 heavy (non-hydrogen) atoms. The average Bonchev–Trinajstić information content (AvgIpc) is 2.20. The topological polar surface area (TPSA) is 92.4 Å². The van der Waals surface area contributed by atoms with Gasteiger partial charge in [-0.2, -0.15) is 0 Å². The number of carboxylic acid groups (broad SMARTS) is 1. The molecule has 5 heteroatoms. The van der Waals surface area contributed by atoms with E-state index in [0.29, 0.717) is 12.1 Å². The highest BCUT2D eigenvalue weighted by molar-refractivity contribution is 5.96. The van der Waals surface area contributed by atoms with Gasteiger partial charge in [0.2, 0.25) is 5.91 Å². The minimum absolute atomic E-state index is 0.0991. The van der Waals surface area contributed by atoms with Crippen molar-refractivity contribution in [3.8, 4) is 0 Å². The minimum atomic E-state index is -1.05. The number of hydrogen-bond acceptors (Lipinski definition) is 3. The van der Waals surface area contributed by atoms with Crippen molar-refractivity contribution in [3.63, 3.8) is 0 Å². The first-order chi connectivity index (χ1) is 7.04. The van der Waals surface area contributed by atoms with E-state index < -0.39 is 5.97 Å². The number of nitrogens with one attached hydrogen (secondary N) is 1. The number of benzene rings is 1. The first kappa shape index (κ1) is 11.0. The largest absolute Gasteiger partial charge is 0.478 e. The monoisotopic (exact) mass is 208 g/mol. The molecule has 0 unspecified atom stereocenters. The zero-order valence-electron chi connectivity index (χ0n) is 8.28. The molecule has 0 bridgehead atoms. The van der Waals surface area contributed by atoms with Gasteiger partial charge in [-0.1, -0.05) is 6.92 Å². The number of nitrogen functional groups attached to an aromatic ring is 1. The van der Waals surface area contributed by atoms with Crippen LogP contribution >= 0.6 is 0 Å². The van der Waals surface area contributed by atoms with Crippen LogP contribution in [0, 0.1) is 0 Å². The molecule has 1 rings (SSSR count). The van der Waals surface area contributed by atoms with Crippen LogP contribution < -0.4 is 11.1 Å². The van der Waals surface area contributed by atoms with Crippen molar-refractivity contribution in [2.45, 2.75) is 13.3 Å². The standard InChI is InChI=1S/C10H12N2O3/c1-2-9(13)12-8-4-3-6(10(14)15)5-7(8)11/h3-5H,2,11H2,1H3,(H,12,13)(H,14,15). The van der Waals surface area contributed by atoms with E-state index in [1.54, 1.807) is 6.92 Å². The van der Waals surface area contributed by atoms with Gasteiger partial charge < -0.3 is 16.2 Å². The third-order valence-electron chi connectivity index (χ3n) is 1.89. The van der Waals surface area contributed by atoms with E-state index in [9.17, 15) is 9.59 Å². The molecule has 0 fully saturated rings. The highest BCUT2D eigenvalue weighted by Crippen LogP contribution is 2.19. The van der Waals surface area contributed by atoms with Crippen molar-refractivity contribution in [1.82, 2.24) is 0 Å². The summed E-state index contributed by atoms with van der Waals surface area (Å²) in [5, 5.41) is 11.3. The molecule has 1 aromatic rings. The molecule has 1 aromatic carbocycles. The van der Waals surface area contributed by atoms with Crippen LogP contribution in [0.3, 0.4) is 0 Å². The zero-order chi connectivity index (χ0) is 11.4. The Kier molecular flexibility index (Phi) is 3.28. The van der Waals surface area contributed by atoms with Crippen LogP contribution in [0.1, 0.15) is 23.7 Å². The second-order valence-corrected chi connectivity index (χ2v) is 3.01. The third kappa shape index (κ3) is 2.70. The number of carbonyl (C=O) groups is 2. The Balaban J connectivity index is 2.93. The highest BCUT2D eigenvalue weighted by Gasteiger charge is 2.07. The van der Waals surface area contributed by atoms with Crippen LogP contribution in [0.4, 0.5) is 11.4 Å². The Hall–Kier alpha value is -2.04. The number of carbonyl (C=O) groups excluding carboxylic acids is 1. The predicted octanol–water partition coefficient (Wildman–Crippen LogP) is 1.32. The molecule has 1 amide bonds. The Labute approximate surface area is 86.9 Å². The van der Waals surface area contributed by atoms with E-state index in [0.717, 1.165) is 0 Å². The summed E-state index contributed by atoms with van der Waals surface area (Å²) in [5.41, 5.74) is 6.37. The summed E-state index contributed by atoms with van der Waals surface area (Å²) in [5.74, 6) is -1.21. The molecular weight excluding hydrogens is 196 g/mol. The zero-order valence-corrected chi connectivity index (χ0v) is 8.28. The molecule has 0 saturated heterocycles. The van der Waals surface area contributed by atoms with Crippen molar-refractivity contribution in [3.05, 3.63) is 23.8 Å². The summed E-state index contributed by atoms with van der Waals surface area (Å²) in [7, 11) is 0. The van der Waals surface area contributed by atoms with Crippen LogP contribution in [-0.4, -0.2) is 17.0 Å². The van der Waals surface area contributed by atoms with Crippen LogP contribution in [0.5, 0.6) is 0 Å². The Morgan fingerprint density at radius 1 is 1.47 bits per heavy atom. The van der Waals surface area contributed by atoms with E-state index in [-0.39, 0.29) is 17.2 Å². The Morgan fingerprint density at radius 3 is 2.60 bits per heavy atom. The summed E-state index contributed by atoms with van der Waals surface area (Å²) in [6, 6.07) is 4.18. The van der Waals surface area contributed by atoms with Gasteiger partial charge in [-0.15, -0.1) is 0 Å². The summed E-state index contributed by atoms with van der Waals surface area (Å²) >= 11 is 0. The van der Waals surface area contributed by atoms with Crippen molar-refractivity contribution in [2.75, 3.05) is 11.1 Å². The van der Waals surface area contributed by atoms with Gasteiger partial charge in [-0.3, -0.25) is 4.79 Å². The van der Waals surface area contributed by atoms with Gasteiger partial charge >= 0.3 is 5.97 Å². The molecule has 0 aliphatic heterocycles. The highest BCUT2D eigenvalue weighted by atomic mass is 16.4. The first-order valence-electron chi connectivity index (χ1n) is 4.47. The SMILES string of the molecule is CCC(=O)Nc1ccc(C(=O)O)cc1N. The molecule has 5 nitrogen and oxygen atoms in total. The van der Waals surface area contributed by atoms with Crippen LogP contribution in [-0.2, 0) is 4.79 Å². The Bertz CT molecular complexity index is 402. The Morgan fingerprint density at radius 2 is 2.13 bits per heavy atom. The van der Waals surface area contributed by atoms with Crippen molar-refractivity contribution >= 4 is 23.3 Å². The summed E-state index contributed by atoms with van der Waals surface area (Å²) < 4.78 is 0. The summed E-state index contributed by atoms with van der Waals surface area (Å²) in [6.07, 6.45) is 0.347. The quantitative estimate of drug-likeness (QED) is 0.653. The van der Waals surface area contributed by atoms with Crippen molar-refractivity contribution < 1.29 is 14.7 Å². The third-order valence-corrected chi connectivity index (χ3v) is 1.89. The molecule has 0 aliphatic carbocycles. The van der Waals surface area contributed by atoms with E-state index in [2.05, 4.69) is 5.32 Å². The van der Waals surface area contributed by atoms with Gasteiger partial charge in [-0.25, -0.2) is 4.79 Å². The number of carboxylic acids is 1. The number of aromatic carboxylic acids is 1. The maximum atomic E-state index is 11.1. The molecule has 0 saturated carbocycles. The number of amides is 1. The van der Waals surface area contributed by atoms with E-state index in [1.807, 2.05) is 0 Å². The van der Waals surface area contributed by atoms with Crippen LogP contribution in [0.15, 0.2) is 18.2 Å². The lowest BCUT2D eigenvalue weighted by molar-refractivity contribution is -0.115. The van der Waals surface area contributed by atoms with Gasteiger partial charge in [0.1, 0.15) is 0 Å². The maximum Gasteiger partial charge on any atom is 0.335 e. The lowest BCUT2D eigenvalue weighted by Crippen LogP contribution is -2.11. The van der Waals surface area contributed by atoms with Gasteiger partial charge in [0.15, 0.2) is 0 Å².